The van der Waals surface area contributed by atoms with Gasteiger partial charge in [-0.2, -0.15) is 0 Å². The summed E-state index contributed by atoms with van der Waals surface area (Å²) in [6.45, 7) is 9.18. The minimum Gasteiger partial charge on any atom is -0.314 e. The van der Waals surface area contributed by atoms with Crippen LogP contribution in [0.1, 0.15) is 31.9 Å². The molecule has 0 radical (unpaired) electrons. The third-order valence-corrected chi connectivity index (χ3v) is 4.07. The fourth-order valence-electron chi connectivity index (χ4n) is 2.62. The molecule has 0 amide bonds. The van der Waals surface area contributed by atoms with Crippen LogP contribution in [0.15, 0.2) is 28.7 Å². The van der Waals surface area contributed by atoms with E-state index in [0.29, 0.717) is 6.04 Å². The van der Waals surface area contributed by atoms with E-state index in [-0.39, 0.29) is 0 Å². The van der Waals surface area contributed by atoms with Crippen molar-refractivity contribution < 1.29 is 0 Å². The average Bonchev–Trinajstić information content (AvgIpc) is 2.38. The Labute approximate surface area is 119 Å². The molecule has 1 heterocycles. The molecule has 1 N–H and O–H groups in total. The average molecular weight is 311 g/mol. The van der Waals surface area contributed by atoms with Crippen LogP contribution in [0.2, 0.25) is 0 Å². The molecule has 0 spiro atoms. The third kappa shape index (κ3) is 3.81. The molecule has 0 saturated carbocycles. The molecule has 18 heavy (non-hydrogen) atoms. The van der Waals surface area contributed by atoms with E-state index in [2.05, 4.69) is 64.3 Å². The third-order valence-electron chi connectivity index (χ3n) is 3.54. The van der Waals surface area contributed by atoms with Gasteiger partial charge in [0.25, 0.3) is 0 Å². The van der Waals surface area contributed by atoms with Crippen molar-refractivity contribution >= 4 is 15.9 Å². The SMILES string of the molecule is CC(C)C[C@H](c1ccc(Br)cc1)N1CCNCC1. The van der Waals surface area contributed by atoms with Gasteiger partial charge in [0.2, 0.25) is 0 Å². The van der Waals surface area contributed by atoms with Gasteiger partial charge in [-0.1, -0.05) is 41.9 Å². The number of halogens is 1. The molecule has 0 aliphatic carbocycles. The van der Waals surface area contributed by atoms with Gasteiger partial charge in [0.15, 0.2) is 0 Å². The Hall–Kier alpha value is -0.380. The van der Waals surface area contributed by atoms with Crippen LogP contribution in [0.3, 0.4) is 0 Å². The second-order valence-corrected chi connectivity index (χ2v) is 6.40. The molecule has 1 aliphatic rings. The van der Waals surface area contributed by atoms with Gasteiger partial charge in [0.1, 0.15) is 0 Å². The lowest BCUT2D eigenvalue weighted by Gasteiger charge is -2.36. The van der Waals surface area contributed by atoms with E-state index in [1.807, 2.05) is 0 Å². The first-order valence-corrected chi connectivity index (χ1v) is 7.66. The Morgan fingerprint density at radius 2 is 1.78 bits per heavy atom. The maximum Gasteiger partial charge on any atom is 0.0351 e. The fraction of sp³-hybridized carbons (Fsp3) is 0.600. The van der Waals surface area contributed by atoms with Gasteiger partial charge in [0.05, 0.1) is 0 Å². The summed E-state index contributed by atoms with van der Waals surface area (Å²) in [5, 5.41) is 3.43. The van der Waals surface area contributed by atoms with E-state index in [1.54, 1.807) is 0 Å². The zero-order valence-corrected chi connectivity index (χ0v) is 12.9. The second-order valence-electron chi connectivity index (χ2n) is 5.48. The predicted molar refractivity (Wildman–Crippen MR) is 80.8 cm³/mol. The lowest BCUT2D eigenvalue weighted by molar-refractivity contribution is 0.154. The van der Waals surface area contributed by atoms with Gasteiger partial charge in [0, 0.05) is 36.7 Å². The van der Waals surface area contributed by atoms with Crippen molar-refractivity contribution in [2.75, 3.05) is 26.2 Å². The van der Waals surface area contributed by atoms with E-state index in [9.17, 15) is 0 Å². The van der Waals surface area contributed by atoms with Gasteiger partial charge >= 0.3 is 0 Å². The monoisotopic (exact) mass is 310 g/mol. The minimum atomic E-state index is 0.570. The quantitative estimate of drug-likeness (QED) is 0.916. The molecule has 1 aromatic rings. The Bertz CT molecular complexity index is 355. The number of piperazine rings is 1. The van der Waals surface area contributed by atoms with E-state index >= 15 is 0 Å². The first-order valence-electron chi connectivity index (χ1n) is 6.87. The summed E-state index contributed by atoms with van der Waals surface area (Å²) in [6, 6.07) is 9.41. The summed E-state index contributed by atoms with van der Waals surface area (Å²) in [7, 11) is 0. The molecule has 2 rings (SSSR count). The Morgan fingerprint density at radius 1 is 1.17 bits per heavy atom. The fourth-order valence-corrected chi connectivity index (χ4v) is 2.89. The van der Waals surface area contributed by atoms with Crippen LogP contribution in [-0.4, -0.2) is 31.1 Å². The van der Waals surface area contributed by atoms with Crippen molar-refractivity contribution in [2.24, 2.45) is 5.92 Å². The lowest BCUT2D eigenvalue weighted by Crippen LogP contribution is -2.45. The zero-order valence-electron chi connectivity index (χ0n) is 11.3. The summed E-state index contributed by atoms with van der Waals surface area (Å²) in [5.74, 6) is 0.730. The van der Waals surface area contributed by atoms with Crippen molar-refractivity contribution in [3.05, 3.63) is 34.3 Å². The smallest absolute Gasteiger partial charge is 0.0351 e. The van der Waals surface area contributed by atoms with Crippen LogP contribution >= 0.6 is 15.9 Å². The maximum atomic E-state index is 3.52. The van der Waals surface area contributed by atoms with Crippen molar-refractivity contribution in [3.8, 4) is 0 Å². The van der Waals surface area contributed by atoms with Crippen LogP contribution in [0.25, 0.3) is 0 Å². The molecule has 1 aromatic carbocycles. The summed E-state index contributed by atoms with van der Waals surface area (Å²) < 4.78 is 1.16. The number of benzene rings is 1. The molecule has 2 nitrogen and oxygen atoms in total. The summed E-state index contributed by atoms with van der Waals surface area (Å²) in [4.78, 5) is 2.62. The standard InChI is InChI=1S/C15H23BrN2/c1-12(2)11-15(18-9-7-17-8-10-18)13-3-5-14(16)6-4-13/h3-6,12,15,17H,7-11H2,1-2H3/t15-/m1/s1. The number of hydrogen-bond acceptors (Lipinski definition) is 2. The molecule has 0 unspecified atom stereocenters. The Morgan fingerprint density at radius 3 is 2.33 bits per heavy atom. The van der Waals surface area contributed by atoms with Gasteiger partial charge in [-0.25, -0.2) is 0 Å². The number of hydrogen-bond donors (Lipinski definition) is 1. The molecule has 1 saturated heterocycles. The number of nitrogens with zero attached hydrogens (tertiary/aromatic N) is 1. The minimum absolute atomic E-state index is 0.570. The number of nitrogens with one attached hydrogen (secondary N) is 1. The van der Waals surface area contributed by atoms with Crippen molar-refractivity contribution in [1.29, 1.82) is 0 Å². The van der Waals surface area contributed by atoms with Crippen LogP contribution in [0, 0.1) is 5.92 Å². The largest absolute Gasteiger partial charge is 0.314 e. The molecular weight excluding hydrogens is 288 g/mol. The van der Waals surface area contributed by atoms with Gasteiger partial charge in [-0.3, -0.25) is 4.90 Å². The van der Waals surface area contributed by atoms with Crippen LogP contribution < -0.4 is 5.32 Å². The Balaban J connectivity index is 2.15. The lowest BCUT2D eigenvalue weighted by atomic mass is 9.95. The van der Waals surface area contributed by atoms with Crippen LogP contribution in [0.5, 0.6) is 0 Å². The van der Waals surface area contributed by atoms with Crippen molar-refractivity contribution in [3.63, 3.8) is 0 Å². The predicted octanol–water partition coefficient (Wildman–Crippen LogP) is 3.44. The van der Waals surface area contributed by atoms with Crippen molar-refractivity contribution in [2.45, 2.75) is 26.3 Å². The van der Waals surface area contributed by atoms with Gasteiger partial charge in [-0.15, -0.1) is 0 Å². The highest BCUT2D eigenvalue weighted by atomic mass is 79.9. The molecule has 1 fully saturated rings. The molecular formula is C15H23BrN2. The molecule has 1 atom stereocenters. The summed E-state index contributed by atoms with van der Waals surface area (Å²) in [5.41, 5.74) is 1.45. The molecule has 1 aliphatic heterocycles. The Kier molecular flexibility index (Phi) is 5.22. The van der Waals surface area contributed by atoms with Gasteiger partial charge in [-0.05, 0) is 30.0 Å². The highest BCUT2D eigenvalue weighted by Crippen LogP contribution is 2.28. The molecule has 3 heteroatoms. The van der Waals surface area contributed by atoms with Crippen molar-refractivity contribution in [1.82, 2.24) is 10.2 Å². The highest BCUT2D eigenvalue weighted by Gasteiger charge is 2.22. The molecule has 0 bridgehead atoms. The zero-order chi connectivity index (χ0) is 13.0. The maximum absolute atomic E-state index is 3.52. The van der Waals surface area contributed by atoms with Crippen LogP contribution in [-0.2, 0) is 0 Å². The van der Waals surface area contributed by atoms with Crippen LogP contribution in [0.4, 0.5) is 0 Å². The highest BCUT2D eigenvalue weighted by molar-refractivity contribution is 9.10. The van der Waals surface area contributed by atoms with E-state index in [4.69, 9.17) is 0 Å². The number of rotatable bonds is 4. The first-order chi connectivity index (χ1) is 8.66. The van der Waals surface area contributed by atoms with E-state index < -0.39 is 0 Å². The topological polar surface area (TPSA) is 15.3 Å². The first kappa shape index (κ1) is 14.0. The second kappa shape index (κ2) is 6.69. The van der Waals surface area contributed by atoms with E-state index in [1.165, 1.54) is 12.0 Å². The normalized spacial score (nSPS) is 19.1. The summed E-state index contributed by atoms with van der Waals surface area (Å²) in [6.07, 6.45) is 1.24. The van der Waals surface area contributed by atoms with E-state index in [0.717, 1.165) is 36.6 Å². The molecule has 100 valence electrons. The molecule has 0 aromatic heterocycles. The van der Waals surface area contributed by atoms with Gasteiger partial charge < -0.3 is 5.32 Å². The summed E-state index contributed by atoms with van der Waals surface area (Å²) >= 11 is 3.52.